The van der Waals surface area contributed by atoms with Gasteiger partial charge in [0.2, 0.25) is 0 Å². The summed E-state index contributed by atoms with van der Waals surface area (Å²) in [5.74, 6) is 0.0179. The number of benzene rings is 1. The molecule has 3 rings (SSSR count). The van der Waals surface area contributed by atoms with Crippen LogP contribution in [0, 0.1) is 6.92 Å². The van der Waals surface area contributed by atoms with Crippen molar-refractivity contribution in [2.45, 2.75) is 11.8 Å². The Hall–Kier alpha value is -2.45. The van der Waals surface area contributed by atoms with E-state index >= 15 is 0 Å². The van der Waals surface area contributed by atoms with Crippen LogP contribution < -0.4 is 9.62 Å². The first kappa shape index (κ1) is 17.4. The van der Waals surface area contributed by atoms with Crippen LogP contribution in [0.2, 0.25) is 0 Å². The number of anilines is 1. The van der Waals surface area contributed by atoms with Gasteiger partial charge < -0.3 is 9.64 Å². The van der Waals surface area contributed by atoms with E-state index in [1.54, 1.807) is 30.3 Å². The second-order valence-electron chi connectivity index (χ2n) is 5.75. The van der Waals surface area contributed by atoms with Crippen molar-refractivity contribution in [1.29, 1.82) is 0 Å². The highest BCUT2D eigenvalue weighted by molar-refractivity contribution is 7.90. The highest BCUT2D eigenvalue weighted by atomic mass is 32.2. The minimum absolute atomic E-state index is 0.0510. The summed E-state index contributed by atoms with van der Waals surface area (Å²) in [5.41, 5.74) is 1.27. The molecule has 0 atom stereocenters. The lowest BCUT2D eigenvalue weighted by molar-refractivity contribution is 0.0981. The number of hydrogen-bond acceptors (Lipinski definition) is 6. The normalized spacial score (nSPS) is 15.0. The number of nitrogens with zero attached hydrogens (tertiary/aromatic N) is 2. The molecule has 1 aromatic carbocycles. The molecule has 1 fully saturated rings. The van der Waals surface area contributed by atoms with Gasteiger partial charge in [0.25, 0.3) is 15.9 Å². The first-order valence-electron chi connectivity index (χ1n) is 7.88. The van der Waals surface area contributed by atoms with E-state index < -0.39 is 15.9 Å². The van der Waals surface area contributed by atoms with E-state index in [9.17, 15) is 13.2 Å². The van der Waals surface area contributed by atoms with Crippen molar-refractivity contribution in [2.24, 2.45) is 0 Å². The van der Waals surface area contributed by atoms with Crippen LogP contribution in [0.3, 0.4) is 0 Å². The molecule has 1 saturated heterocycles. The average Bonchev–Trinajstić information content (AvgIpc) is 2.63. The standard InChI is InChI=1S/C17H19N3O4S/c1-13-2-4-14(5-3-13)17(21)19-25(22,23)15-6-7-16(18-12-15)20-8-10-24-11-9-20/h2-7,12H,8-11H2,1H3,(H,19,21). The number of carbonyl (C=O) groups is 1. The predicted molar refractivity (Wildman–Crippen MR) is 93.1 cm³/mol. The number of rotatable bonds is 4. The number of ether oxygens (including phenoxy) is 1. The van der Waals surface area contributed by atoms with Crippen molar-refractivity contribution < 1.29 is 17.9 Å². The second-order valence-corrected chi connectivity index (χ2v) is 7.43. The van der Waals surface area contributed by atoms with Gasteiger partial charge in [0, 0.05) is 24.8 Å². The van der Waals surface area contributed by atoms with Gasteiger partial charge in [0.1, 0.15) is 10.7 Å². The number of sulfonamides is 1. The molecule has 1 aliphatic heterocycles. The van der Waals surface area contributed by atoms with Gasteiger partial charge in [0.15, 0.2) is 0 Å². The SMILES string of the molecule is Cc1ccc(C(=O)NS(=O)(=O)c2ccc(N3CCOCC3)nc2)cc1. The molecule has 1 aromatic heterocycles. The number of pyridine rings is 1. The lowest BCUT2D eigenvalue weighted by atomic mass is 10.1. The Morgan fingerprint density at radius 3 is 2.40 bits per heavy atom. The van der Waals surface area contributed by atoms with Crippen LogP contribution in [0.15, 0.2) is 47.5 Å². The molecule has 1 aliphatic rings. The van der Waals surface area contributed by atoms with Crippen molar-refractivity contribution in [2.75, 3.05) is 31.2 Å². The maximum atomic E-state index is 12.4. The maximum absolute atomic E-state index is 12.4. The van der Waals surface area contributed by atoms with E-state index in [1.165, 1.54) is 12.3 Å². The number of nitrogens with one attached hydrogen (secondary N) is 1. The first-order valence-corrected chi connectivity index (χ1v) is 9.36. The smallest absolute Gasteiger partial charge is 0.265 e. The molecule has 0 radical (unpaired) electrons. The molecule has 0 unspecified atom stereocenters. The zero-order valence-electron chi connectivity index (χ0n) is 13.8. The fraction of sp³-hybridized carbons (Fsp3) is 0.294. The Labute approximate surface area is 146 Å². The van der Waals surface area contributed by atoms with E-state index in [2.05, 4.69) is 9.71 Å². The Morgan fingerprint density at radius 2 is 1.80 bits per heavy atom. The summed E-state index contributed by atoms with van der Waals surface area (Å²) in [6, 6.07) is 9.75. The zero-order chi connectivity index (χ0) is 17.9. The van der Waals surface area contributed by atoms with Crippen LogP contribution in [0.5, 0.6) is 0 Å². The van der Waals surface area contributed by atoms with Crippen LogP contribution in [0.4, 0.5) is 5.82 Å². The van der Waals surface area contributed by atoms with Gasteiger partial charge in [-0.3, -0.25) is 4.79 Å². The lowest BCUT2D eigenvalue weighted by Gasteiger charge is -2.27. The molecule has 0 bridgehead atoms. The van der Waals surface area contributed by atoms with E-state index in [1.807, 2.05) is 11.8 Å². The van der Waals surface area contributed by atoms with Crippen LogP contribution in [0.25, 0.3) is 0 Å². The largest absolute Gasteiger partial charge is 0.378 e. The predicted octanol–water partition coefficient (Wildman–Crippen LogP) is 1.35. The summed E-state index contributed by atoms with van der Waals surface area (Å²) >= 11 is 0. The van der Waals surface area contributed by atoms with Gasteiger partial charge in [-0.05, 0) is 31.2 Å². The van der Waals surface area contributed by atoms with E-state index in [4.69, 9.17) is 4.74 Å². The molecule has 0 aliphatic carbocycles. The quantitative estimate of drug-likeness (QED) is 0.884. The molecular weight excluding hydrogens is 342 g/mol. The number of amides is 1. The minimum Gasteiger partial charge on any atom is -0.378 e. The van der Waals surface area contributed by atoms with Gasteiger partial charge >= 0.3 is 0 Å². The highest BCUT2D eigenvalue weighted by Crippen LogP contribution is 2.16. The van der Waals surface area contributed by atoms with Gasteiger partial charge in [0.05, 0.1) is 13.2 Å². The number of morpholine rings is 1. The number of hydrogen-bond donors (Lipinski definition) is 1. The summed E-state index contributed by atoms with van der Waals surface area (Å²) in [7, 11) is -3.97. The molecular formula is C17H19N3O4S. The fourth-order valence-electron chi connectivity index (χ4n) is 2.46. The minimum atomic E-state index is -3.97. The topological polar surface area (TPSA) is 88.6 Å². The molecule has 1 N–H and O–H groups in total. The first-order chi connectivity index (χ1) is 12.0. The summed E-state index contributed by atoms with van der Waals surface area (Å²) in [5, 5.41) is 0. The molecule has 0 spiro atoms. The van der Waals surface area contributed by atoms with Crippen molar-refractivity contribution >= 4 is 21.7 Å². The molecule has 0 saturated carbocycles. The number of aromatic nitrogens is 1. The molecule has 2 aromatic rings. The Bertz CT molecular complexity index is 842. The Kier molecular flexibility index (Phi) is 5.00. The molecule has 2 heterocycles. The van der Waals surface area contributed by atoms with Crippen molar-refractivity contribution in [1.82, 2.24) is 9.71 Å². The van der Waals surface area contributed by atoms with Gasteiger partial charge in [-0.15, -0.1) is 0 Å². The van der Waals surface area contributed by atoms with Gasteiger partial charge in [-0.1, -0.05) is 17.7 Å². The third kappa shape index (κ3) is 4.15. The van der Waals surface area contributed by atoms with Crippen LogP contribution in [-0.4, -0.2) is 45.6 Å². The van der Waals surface area contributed by atoms with Crippen LogP contribution in [-0.2, 0) is 14.8 Å². The van der Waals surface area contributed by atoms with Gasteiger partial charge in [-0.2, -0.15) is 0 Å². The molecule has 132 valence electrons. The average molecular weight is 361 g/mol. The van der Waals surface area contributed by atoms with Gasteiger partial charge in [-0.25, -0.2) is 18.1 Å². The third-order valence-corrected chi connectivity index (χ3v) is 5.22. The number of aryl methyl sites for hydroxylation is 1. The monoisotopic (exact) mass is 361 g/mol. The van der Waals surface area contributed by atoms with E-state index in [0.29, 0.717) is 32.1 Å². The van der Waals surface area contributed by atoms with E-state index in [-0.39, 0.29) is 10.5 Å². The Morgan fingerprint density at radius 1 is 1.12 bits per heavy atom. The van der Waals surface area contributed by atoms with Crippen molar-refractivity contribution in [3.63, 3.8) is 0 Å². The van der Waals surface area contributed by atoms with Crippen molar-refractivity contribution in [3.05, 3.63) is 53.7 Å². The molecule has 25 heavy (non-hydrogen) atoms. The third-order valence-electron chi connectivity index (χ3n) is 3.91. The van der Waals surface area contributed by atoms with Crippen molar-refractivity contribution in [3.8, 4) is 0 Å². The highest BCUT2D eigenvalue weighted by Gasteiger charge is 2.20. The van der Waals surface area contributed by atoms with E-state index in [0.717, 1.165) is 5.56 Å². The molecule has 8 heteroatoms. The number of carbonyl (C=O) groups excluding carboxylic acids is 1. The molecule has 7 nitrogen and oxygen atoms in total. The van der Waals surface area contributed by atoms with Crippen LogP contribution >= 0.6 is 0 Å². The summed E-state index contributed by atoms with van der Waals surface area (Å²) in [6.07, 6.45) is 1.26. The fourth-order valence-corrected chi connectivity index (χ4v) is 3.37. The Balaban J connectivity index is 1.73. The zero-order valence-corrected chi connectivity index (χ0v) is 14.6. The van der Waals surface area contributed by atoms with Crippen LogP contribution in [0.1, 0.15) is 15.9 Å². The molecule has 1 amide bonds. The maximum Gasteiger partial charge on any atom is 0.265 e. The summed E-state index contributed by atoms with van der Waals surface area (Å²) in [6.45, 7) is 4.55. The summed E-state index contributed by atoms with van der Waals surface area (Å²) in [4.78, 5) is 18.3. The second kappa shape index (κ2) is 7.20. The summed E-state index contributed by atoms with van der Waals surface area (Å²) < 4.78 is 32.1. The lowest BCUT2D eigenvalue weighted by Crippen LogP contribution is -2.36.